The van der Waals surface area contributed by atoms with E-state index in [1.165, 1.54) is 0 Å². The van der Waals surface area contributed by atoms with Crippen molar-refractivity contribution in [2.75, 3.05) is 10.6 Å². The highest BCUT2D eigenvalue weighted by molar-refractivity contribution is 6.00. The van der Waals surface area contributed by atoms with Crippen molar-refractivity contribution in [2.24, 2.45) is 0 Å². The molecule has 0 bridgehead atoms. The first-order chi connectivity index (χ1) is 13.9. The van der Waals surface area contributed by atoms with Gasteiger partial charge >= 0.3 is 6.03 Å². The molecular weight excluding hydrogens is 364 g/mol. The molecule has 3 rings (SSSR count). The molecule has 0 aliphatic heterocycles. The number of benzene rings is 2. The first-order valence-electron chi connectivity index (χ1n) is 9.17. The van der Waals surface area contributed by atoms with Gasteiger partial charge in [0.25, 0.3) is 0 Å². The highest BCUT2D eigenvalue weighted by atomic mass is 16.5. The Labute approximate surface area is 170 Å². The molecule has 1 aromatic heterocycles. The first-order valence-corrected chi connectivity index (χ1v) is 9.17. The lowest BCUT2D eigenvalue weighted by Gasteiger charge is -2.22. The van der Waals surface area contributed by atoms with Gasteiger partial charge in [0, 0.05) is 17.4 Å². The van der Waals surface area contributed by atoms with Gasteiger partial charge in [0.1, 0.15) is 11.4 Å². The van der Waals surface area contributed by atoms with Crippen molar-refractivity contribution >= 4 is 17.4 Å². The number of anilines is 2. The number of nitrogens with one attached hydrogen (secondary N) is 2. The Morgan fingerprint density at radius 2 is 1.83 bits per heavy atom. The SMILES string of the molecule is CC(C)(C)c1ccccc1Oc1ncccc1NC(=O)Nc1cccc(C#N)c1. The van der Waals surface area contributed by atoms with E-state index in [0.717, 1.165) is 5.56 Å². The van der Waals surface area contributed by atoms with Crippen LogP contribution in [0, 0.1) is 11.3 Å². The second-order valence-corrected chi connectivity index (χ2v) is 7.48. The van der Waals surface area contributed by atoms with E-state index in [2.05, 4.69) is 36.4 Å². The number of aromatic nitrogens is 1. The minimum absolute atomic E-state index is 0.109. The molecule has 6 heteroatoms. The number of ether oxygens (including phenoxy) is 1. The number of hydrogen-bond donors (Lipinski definition) is 2. The monoisotopic (exact) mass is 386 g/mol. The number of nitriles is 1. The van der Waals surface area contributed by atoms with E-state index in [0.29, 0.717) is 28.6 Å². The summed E-state index contributed by atoms with van der Waals surface area (Å²) in [4.78, 5) is 16.7. The van der Waals surface area contributed by atoms with Crippen LogP contribution in [-0.4, -0.2) is 11.0 Å². The van der Waals surface area contributed by atoms with Crippen LogP contribution in [0.1, 0.15) is 31.9 Å². The summed E-state index contributed by atoms with van der Waals surface area (Å²) < 4.78 is 6.06. The summed E-state index contributed by atoms with van der Waals surface area (Å²) in [6.45, 7) is 6.32. The topological polar surface area (TPSA) is 87.0 Å². The number of nitrogens with zero attached hydrogens (tertiary/aromatic N) is 2. The lowest BCUT2D eigenvalue weighted by molar-refractivity contribution is 0.262. The molecule has 0 atom stereocenters. The van der Waals surface area contributed by atoms with Gasteiger partial charge in [-0.1, -0.05) is 45.0 Å². The maximum Gasteiger partial charge on any atom is 0.323 e. The van der Waals surface area contributed by atoms with Crippen molar-refractivity contribution < 1.29 is 9.53 Å². The van der Waals surface area contributed by atoms with Crippen LogP contribution in [0.5, 0.6) is 11.6 Å². The van der Waals surface area contributed by atoms with E-state index in [1.54, 1.807) is 42.6 Å². The second-order valence-electron chi connectivity index (χ2n) is 7.48. The molecule has 0 fully saturated rings. The van der Waals surface area contributed by atoms with Crippen LogP contribution in [0.4, 0.5) is 16.2 Å². The standard InChI is InChI=1S/C23H22N4O2/c1-23(2,3)18-10-4-5-12-20(18)29-21-19(11-7-13-25-21)27-22(28)26-17-9-6-8-16(14-17)15-24/h4-14H,1-3H3,(H2,26,27,28). The van der Waals surface area contributed by atoms with E-state index in [4.69, 9.17) is 10.00 Å². The van der Waals surface area contributed by atoms with Gasteiger partial charge in [-0.2, -0.15) is 5.26 Å². The third-order valence-electron chi connectivity index (χ3n) is 4.17. The number of urea groups is 1. The van der Waals surface area contributed by atoms with Gasteiger partial charge in [0.2, 0.25) is 5.88 Å². The summed E-state index contributed by atoms with van der Waals surface area (Å²) in [5, 5.41) is 14.4. The number of carbonyl (C=O) groups excluding carboxylic acids is 1. The number of hydrogen-bond acceptors (Lipinski definition) is 4. The van der Waals surface area contributed by atoms with Gasteiger partial charge in [-0.25, -0.2) is 9.78 Å². The number of amides is 2. The summed E-state index contributed by atoms with van der Waals surface area (Å²) >= 11 is 0. The van der Waals surface area contributed by atoms with Gasteiger partial charge in [-0.05, 0) is 41.8 Å². The fraction of sp³-hybridized carbons (Fsp3) is 0.174. The van der Waals surface area contributed by atoms with E-state index >= 15 is 0 Å². The van der Waals surface area contributed by atoms with Crippen LogP contribution in [0.2, 0.25) is 0 Å². The molecule has 2 N–H and O–H groups in total. The van der Waals surface area contributed by atoms with Gasteiger partial charge in [-0.15, -0.1) is 0 Å². The van der Waals surface area contributed by atoms with Gasteiger partial charge in [0.15, 0.2) is 0 Å². The molecule has 0 saturated carbocycles. The molecule has 0 aliphatic rings. The molecule has 2 amide bonds. The molecule has 6 nitrogen and oxygen atoms in total. The summed E-state index contributed by atoms with van der Waals surface area (Å²) in [7, 11) is 0. The Kier molecular flexibility index (Phi) is 5.79. The van der Waals surface area contributed by atoms with Crippen LogP contribution >= 0.6 is 0 Å². The van der Waals surface area contributed by atoms with Crippen LogP contribution in [0.25, 0.3) is 0 Å². The maximum atomic E-state index is 12.4. The van der Waals surface area contributed by atoms with Crippen molar-refractivity contribution in [2.45, 2.75) is 26.2 Å². The zero-order valence-electron chi connectivity index (χ0n) is 16.6. The normalized spacial score (nSPS) is 10.7. The average Bonchev–Trinajstić information content (AvgIpc) is 2.69. The van der Waals surface area contributed by atoms with E-state index in [9.17, 15) is 4.79 Å². The Bertz CT molecular complexity index is 1060. The summed E-state index contributed by atoms with van der Waals surface area (Å²) in [6.07, 6.45) is 1.61. The second kappa shape index (κ2) is 8.44. The quantitative estimate of drug-likeness (QED) is 0.603. The zero-order valence-corrected chi connectivity index (χ0v) is 16.6. The molecule has 0 saturated heterocycles. The molecule has 146 valence electrons. The van der Waals surface area contributed by atoms with E-state index in [1.807, 2.05) is 30.3 Å². The van der Waals surface area contributed by atoms with Gasteiger partial charge in [-0.3, -0.25) is 0 Å². The Hall–Kier alpha value is -3.85. The van der Waals surface area contributed by atoms with Crippen molar-refractivity contribution in [1.82, 2.24) is 4.98 Å². The minimum atomic E-state index is -0.456. The molecule has 3 aromatic rings. The highest BCUT2D eigenvalue weighted by Crippen LogP contribution is 2.35. The lowest BCUT2D eigenvalue weighted by atomic mass is 9.86. The number of para-hydroxylation sites is 1. The Morgan fingerprint density at radius 3 is 2.59 bits per heavy atom. The summed E-state index contributed by atoms with van der Waals surface area (Å²) in [5.41, 5.74) is 2.35. The molecule has 0 unspecified atom stereocenters. The van der Waals surface area contributed by atoms with Gasteiger partial charge < -0.3 is 15.4 Å². The molecule has 0 spiro atoms. The van der Waals surface area contributed by atoms with Gasteiger partial charge in [0.05, 0.1) is 11.6 Å². The van der Waals surface area contributed by atoms with Crippen molar-refractivity contribution in [3.05, 3.63) is 78.0 Å². The van der Waals surface area contributed by atoms with Crippen LogP contribution < -0.4 is 15.4 Å². The smallest absolute Gasteiger partial charge is 0.323 e. The van der Waals surface area contributed by atoms with Crippen LogP contribution in [0.15, 0.2) is 66.9 Å². The summed E-state index contributed by atoms with van der Waals surface area (Å²) in [6, 6.07) is 19.5. The Morgan fingerprint density at radius 1 is 1.03 bits per heavy atom. The van der Waals surface area contributed by atoms with Crippen LogP contribution in [0.3, 0.4) is 0 Å². The third-order valence-corrected chi connectivity index (χ3v) is 4.17. The fourth-order valence-electron chi connectivity index (χ4n) is 2.80. The molecule has 0 radical (unpaired) electrons. The lowest BCUT2D eigenvalue weighted by Crippen LogP contribution is -2.20. The predicted octanol–water partition coefficient (Wildman–Crippen LogP) is 5.69. The first kappa shape index (κ1) is 19.9. The zero-order chi connectivity index (χ0) is 20.9. The van der Waals surface area contributed by atoms with Crippen LogP contribution in [-0.2, 0) is 5.41 Å². The average molecular weight is 386 g/mol. The fourth-order valence-corrected chi connectivity index (χ4v) is 2.80. The molecule has 29 heavy (non-hydrogen) atoms. The van der Waals surface area contributed by atoms with Crippen molar-refractivity contribution in [3.63, 3.8) is 0 Å². The molecule has 1 heterocycles. The van der Waals surface area contributed by atoms with Crippen molar-refractivity contribution in [3.8, 4) is 17.7 Å². The summed E-state index contributed by atoms with van der Waals surface area (Å²) in [5.74, 6) is 0.981. The van der Waals surface area contributed by atoms with E-state index < -0.39 is 6.03 Å². The Balaban J connectivity index is 1.80. The molecular formula is C23H22N4O2. The molecule has 0 aliphatic carbocycles. The number of rotatable bonds is 4. The maximum absolute atomic E-state index is 12.4. The van der Waals surface area contributed by atoms with Crippen molar-refractivity contribution in [1.29, 1.82) is 5.26 Å². The molecule has 2 aromatic carbocycles. The highest BCUT2D eigenvalue weighted by Gasteiger charge is 2.20. The van der Waals surface area contributed by atoms with E-state index in [-0.39, 0.29) is 5.41 Å². The number of pyridine rings is 1. The predicted molar refractivity (Wildman–Crippen MR) is 113 cm³/mol. The largest absolute Gasteiger partial charge is 0.437 e. The number of carbonyl (C=O) groups is 1. The third kappa shape index (κ3) is 5.11. The minimum Gasteiger partial charge on any atom is -0.437 e.